The van der Waals surface area contributed by atoms with E-state index in [1.807, 2.05) is 30.0 Å². The van der Waals surface area contributed by atoms with E-state index in [0.29, 0.717) is 48.3 Å². The Balaban J connectivity index is 1.39. The van der Waals surface area contributed by atoms with Crippen molar-refractivity contribution in [3.05, 3.63) is 59.2 Å². The third-order valence-corrected chi connectivity index (χ3v) is 8.71. The van der Waals surface area contributed by atoms with Crippen molar-refractivity contribution < 1.29 is 24.2 Å². The fourth-order valence-electron chi connectivity index (χ4n) is 6.62. The third-order valence-electron chi connectivity index (χ3n) is 8.71. The smallest absolute Gasteiger partial charge is 0.335 e. The van der Waals surface area contributed by atoms with E-state index in [4.69, 9.17) is 4.74 Å². The standard InChI is InChI=1S/C31H40N4O5/c1-3-13-33-16-18-34(19-17-33)23-11-14-35(15-12-23)28(36)21-31(24-7-5-6-8-27(24)40-4-2)25-20-22(29(37)38)9-10-26(25)32-30(31)39/h5-10,20,23H,3-4,11-19,21H2,1-2H3,(H,32,39)(H,37,38). The number of nitrogens with one attached hydrogen (secondary N) is 1. The number of carboxylic acids is 1. The number of carbonyl (C=O) groups is 3. The van der Waals surface area contributed by atoms with Gasteiger partial charge in [-0.3, -0.25) is 14.5 Å². The van der Waals surface area contributed by atoms with E-state index in [1.165, 1.54) is 18.6 Å². The lowest BCUT2D eigenvalue weighted by Gasteiger charge is -2.43. The number of carboxylic acid groups (broad SMARTS) is 1. The highest BCUT2D eigenvalue weighted by Gasteiger charge is 2.52. The van der Waals surface area contributed by atoms with Crippen molar-refractivity contribution >= 4 is 23.5 Å². The van der Waals surface area contributed by atoms with Gasteiger partial charge in [0.25, 0.3) is 0 Å². The van der Waals surface area contributed by atoms with Crippen LogP contribution in [0.25, 0.3) is 0 Å². The molecule has 2 aromatic rings. The van der Waals surface area contributed by atoms with Crippen molar-refractivity contribution in [1.82, 2.24) is 14.7 Å². The summed E-state index contributed by atoms with van der Waals surface area (Å²) in [4.78, 5) is 46.6. The van der Waals surface area contributed by atoms with Gasteiger partial charge in [0.05, 0.1) is 12.2 Å². The van der Waals surface area contributed by atoms with Crippen LogP contribution in [-0.2, 0) is 15.0 Å². The van der Waals surface area contributed by atoms with Crippen molar-refractivity contribution in [2.45, 2.75) is 51.0 Å². The normalized spacial score (nSPS) is 22.1. The Kier molecular flexibility index (Phi) is 8.42. The number of piperidine rings is 1. The number of rotatable bonds is 9. The molecule has 214 valence electrons. The first-order valence-corrected chi connectivity index (χ1v) is 14.5. The third kappa shape index (κ3) is 5.32. The number of carbonyl (C=O) groups excluding carboxylic acids is 2. The largest absolute Gasteiger partial charge is 0.494 e. The molecule has 2 fully saturated rings. The van der Waals surface area contributed by atoms with Gasteiger partial charge in [0.1, 0.15) is 11.2 Å². The van der Waals surface area contributed by atoms with Gasteiger partial charge >= 0.3 is 5.97 Å². The summed E-state index contributed by atoms with van der Waals surface area (Å²) < 4.78 is 5.92. The van der Waals surface area contributed by atoms with E-state index < -0.39 is 11.4 Å². The lowest BCUT2D eigenvalue weighted by molar-refractivity contribution is -0.136. The molecule has 2 N–H and O–H groups in total. The van der Waals surface area contributed by atoms with Gasteiger partial charge in [-0.15, -0.1) is 0 Å². The van der Waals surface area contributed by atoms with Gasteiger partial charge in [-0.05, 0) is 62.6 Å². The highest BCUT2D eigenvalue weighted by molar-refractivity contribution is 6.12. The molecule has 9 heteroatoms. The maximum Gasteiger partial charge on any atom is 0.335 e. The highest BCUT2D eigenvalue weighted by Crippen LogP contribution is 2.49. The molecule has 1 atom stereocenters. The summed E-state index contributed by atoms with van der Waals surface area (Å²) in [7, 11) is 0. The number of amides is 2. The minimum atomic E-state index is -1.39. The number of likely N-dealkylation sites (tertiary alicyclic amines) is 1. The molecule has 3 aliphatic rings. The summed E-state index contributed by atoms with van der Waals surface area (Å²) >= 11 is 0. The van der Waals surface area contributed by atoms with Gasteiger partial charge in [-0.1, -0.05) is 25.1 Å². The predicted molar refractivity (Wildman–Crippen MR) is 153 cm³/mol. The molecule has 0 spiro atoms. The number of benzene rings is 2. The van der Waals surface area contributed by atoms with Crippen LogP contribution in [0.15, 0.2) is 42.5 Å². The van der Waals surface area contributed by atoms with Crippen LogP contribution in [0.5, 0.6) is 5.75 Å². The molecule has 3 aliphatic heterocycles. The number of aromatic carboxylic acids is 1. The Bertz CT molecular complexity index is 1250. The number of anilines is 1. The number of nitrogens with zero attached hydrogens (tertiary/aromatic N) is 3. The lowest BCUT2D eigenvalue weighted by atomic mass is 9.71. The SMILES string of the molecule is CCCN1CCN(C2CCN(C(=O)CC3(c4ccccc4OCC)C(=O)Nc4ccc(C(=O)O)cc43)CC2)CC1. The molecule has 0 bridgehead atoms. The number of ether oxygens (including phenoxy) is 1. The first-order valence-electron chi connectivity index (χ1n) is 14.5. The molecule has 1 unspecified atom stereocenters. The molecule has 0 radical (unpaired) electrons. The second-order valence-electron chi connectivity index (χ2n) is 11.0. The van der Waals surface area contributed by atoms with Crippen LogP contribution in [0.4, 0.5) is 5.69 Å². The Morgan fingerprint density at radius 1 is 1.00 bits per heavy atom. The zero-order chi connectivity index (χ0) is 28.3. The van der Waals surface area contributed by atoms with Crippen LogP contribution >= 0.6 is 0 Å². The number of fused-ring (bicyclic) bond motifs is 1. The highest BCUT2D eigenvalue weighted by atomic mass is 16.5. The van der Waals surface area contributed by atoms with Crippen molar-refractivity contribution in [2.75, 3.05) is 57.7 Å². The molecular weight excluding hydrogens is 508 g/mol. The van der Waals surface area contributed by atoms with Crippen molar-refractivity contribution in [1.29, 1.82) is 0 Å². The maximum atomic E-state index is 13.9. The quantitative estimate of drug-likeness (QED) is 0.495. The Morgan fingerprint density at radius 2 is 1.73 bits per heavy atom. The molecule has 5 rings (SSSR count). The first kappa shape index (κ1) is 28.1. The van der Waals surface area contributed by atoms with Crippen molar-refractivity contribution in [3.8, 4) is 5.75 Å². The molecule has 2 aromatic carbocycles. The van der Waals surface area contributed by atoms with E-state index in [1.54, 1.807) is 12.1 Å². The summed E-state index contributed by atoms with van der Waals surface area (Å²) in [6.45, 7) is 11.3. The summed E-state index contributed by atoms with van der Waals surface area (Å²) in [5.41, 5.74) is 0.271. The Labute approximate surface area is 236 Å². The summed E-state index contributed by atoms with van der Waals surface area (Å²) in [5.74, 6) is -1.02. The molecule has 40 heavy (non-hydrogen) atoms. The summed E-state index contributed by atoms with van der Waals surface area (Å²) in [6, 6.07) is 12.3. The molecular formula is C31H40N4O5. The Morgan fingerprint density at radius 3 is 2.40 bits per heavy atom. The van der Waals surface area contributed by atoms with Gasteiger partial charge in [0.15, 0.2) is 0 Å². The molecule has 0 aromatic heterocycles. The summed E-state index contributed by atoms with van der Waals surface area (Å²) in [5, 5.41) is 12.6. The van der Waals surface area contributed by atoms with Gasteiger partial charge in [0.2, 0.25) is 11.8 Å². The fourth-order valence-corrected chi connectivity index (χ4v) is 6.62. The zero-order valence-corrected chi connectivity index (χ0v) is 23.5. The Hall–Kier alpha value is -3.43. The van der Waals surface area contributed by atoms with Gasteiger partial charge in [-0.2, -0.15) is 0 Å². The van der Waals surface area contributed by atoms with E-state index in [9.17, 15) is 19.5 Å². The topological polar surface area (TPSA) is 102 Å². The second-order valence-corrected chi connectivity index (χ2v) is 11.0. The molecule has 2 saturated heterocycles. The van der Waals surface area contributed by atoms with E-state index >= 15 is 0 Å². The minimum Gasteiger partial charge on any atom is -0.494 e. The average molecular weight is 549 g/mol. The summed E-state index contributed by atoms with van der Waals surface area (Å²) in [6.07, 6.45) is 2.90. The van der Waals surface area contributed by atoms with Crippen LogP contribution in [0.1, 0.15) is 61.0 Å². The molecule has 3 heterocycles. The van der Waals surface area contributed by atoms with Gasteiger partial charge in [-0.25, -0.2) is 4.79 Å². The van der Waals surface area contributed by atoms with Crippen molar-refractivity contribution in [3.63, 3.8) is 0 Å². The number of piperazine rings is 1. The van der Waals surface area contributed by atoms with Crippen LogP contribution in [0.3, 0.4) is 0 Å². The predicted octanol–water partition coefficient (Wildman–Crippen LogP) is 3.43. The van der Waals surface area contributed by atoms with E-state index in [0.717, 1.165) is 45.6 Å². The molecule has 9 nitrogen and oxygen atoms in total. The van der Waals surface area contributed by atoms with E-state index in [-0.39, 0.29) is 23.8 Å². The molecule has 2 amide bonds. The second kappa shape index (κ2) is 12.0. The minimum absolute atomic E-state index is 0.0702. The monoisotopic (exact) mass is 548 g/mol. The van der Waals surface area contributed by atoms with Crippen LogP contribution in [-0.4, -0.2) is 96.1 Å². The average Bonchev–Trinajstić information content (AvgIpc) is 3.24. The number of para-hydroxylation sites is 1. The first-order chi connectivity index (χ1) is 19.4. The number of hydrogen-bond donors (Lipinski definition) is 2. The maximum absolute atomic E-state index is 13.9. The molecule has 0 saturated carbocycles. The van der Waals surface area contributed by atoms with Crippen molar-refractivity contribution in [2.24, 2.45) is 0 Å². The zero-order valence-electron chi connectivity index (χ0n) is 23.5. The van der Waals surface area contributed by atoms with Gasteiger partial charge in [0, 0.05) is 63.0 Å². The molecule has 0 aliphatic carbocycles. The number of hydrogen-bond acceptors (Lipinski definition) is 6. The van der Waals surface area contributed by atoms with Gasteiger partial charge < -0.3 is 25.0 Å². The van der Waals surface area contributed by atoms with Crippen LogP contribution in [0, 0.1) is 0 Å². The van der Waals surface area contributed by atoms with Crippen LogP contribution < -0.4 is 10.1 Å². The van der Waals surface area contributed by atoms with E-state index in [2.05, 4.69) is 22.0 Å². The van der Waals surface area contributed by atoms with Crippen LogP contribution in [0.2, 0.25) is 0 Å². The lowest BCUT2D eigenvalue weighted by Crippen LogP contribution is -2.54. The fraction of sp³-hybridized carbons (Fsp3) is 0.516.